The summed E-state index contributed by atoms with van der Waals surface area (Å²) in [6.45, 7) is 6.88. The predicted octanol–water partition coefficient (Wildman–Crippen LogP) is 6.24. The topological polar surface area (TPSA) is 27.0 Å². The SMILES string of the molecule is C[C@H]1CC(C)(C)N(C)c2ccc(/C=C(/C#N)c3ccc(Br)cc3)cc21. The van der Waals surface area contributed by atoms with E-state index in [0.717, 1.165) is 22.0 Å². The molecular formula is C22H23BrN2. The molecule has 0 saturated carbocycles. The van der Waals surface area contributed by atoms with Gasteiger partial charge >= 0.3 is 0 Å². The molecule has 0 amide bonds. The summed E-state index contributed by atoms with van der Waals surface area (Å²) in [6.07, 6.45) is 3.11. The van der Waals surface area contributed by atoms with E-state index < -0.39 is 0 Å². The van der Waals surface area contributed by atoms with E-state index in [0.29, 0.717) is 11.5 Å². The van der Waals surface area contributed by atoms with Crippen molar-refractivity contribution in [1.82, 2.24) is 0 Å². The molecule has 0 bridgehead atoms. The summed E-state index contributed by atoms with van der Waals surface area (Å²) >= 11 is 3.44. The van der Waals surface area contributed by atoms with Crippen LogP contribution in [0.4, 0.5) is 5.69 Å². The van der Waals surface area contributed by atoms with Crippen molar-refractivity contribution in [3.63, 3.8) is 0 Å². The monoisotopic (exact) mass is 394 g/mol. The Morgan fingerprint density at radius 2 is 1.92 bits per heavy atom. The van der Waals surface area contributed by atoms with Crippen molar-refractivity contribution < 1.29 is 0 Å². The van der Waals surface area contributed by atoms with Gasteiger partial charge in [0, 0.05) is 22.7 Å². The van der Waals surface area contributed by atoms with Crippen LogP contribution in [0.2, 0.25) is 0 Å². The molecule has 2 nitrogen and oxygen atoms in total. The van der Waals surface area contributed by atoms with Crippen LogP contribution < -0.4 is 4.90 Å². The molecule has 128 valence electrons. The first-order chi connectivity index (χ1) is 11.8. The minimum atomic E-state index is 0.166. The lowest BCUT2D eigenvalue weighted by Gasteiger charge is -2.45. The van der Waals surface area contributed by atoms with Crippen molar-refractivity contribution in [3.8, 4) is 6.07 Å². The molecule has 0 unspecified atom stereocenters. The van der Waals surface area contributed by atoms with Crippen LogP contribution in [-0.4, -0.2) is 12.6 Å². The molecule has 0 radical (unpaired) electrons. The maximum absolute atomic E-state index is 9.57. The second-order valence-electron chi connectivity index (χ2n) is 7.47. The quantitative estimate of drug-likeness (QED) is 0.445. The Balaban J connectivity index is 2.01. The number of halogens is 1. The second-order valence-corrected chi connectivity index (χ2v) is 8.39. The van der Waals surface area contributed by atoms with Crippen molar-refractivity contribution >= 4 is 33.3 Å². The number of hydrogen-bond donors (Lipinski definition) is 0. The number of benzene rings is 2. The van der Waals surface area contributed by atoms with E-state index in [-0.39, 0.29) is 5.54 Å². The fourth-order valence-corrected chi connectivity index (χ4v) is 3.93. The number of hydrogen-bond acceptors (Lipinski definition) is 2. The lowest BCUT2D eigenvalue weighted by molar-refractivity contribution is 0.395. The van der Waals surface area contributed by atoms with Crippen LogP contribution in [0.5, 0.6) is 0 Å². The van der Waals surface area contributed by atoms with Crippen LogP contribution in [0.25, 0.3) is 11.6 Å². The Labute approximate surface area is 158 Å². The summed E-state index contributed by atoms with van der Waals surface area (Å²) in [6, 6.07) is 16.7. The zero-order valence-electron chi connectivity index (χ0n) is 15.2. The number of anilines is 1. The first-order valence-corrected chi connectivity index (χ1v) is 9.36. The van der Waals surface area contributed by atoms with Gasteiger partial charge in [0.2, 0.25) is 0 Å². The van der Waals surface area contributed by atoms with E-state index in [1.165, 1.54) is 11.3 Å². The van der Waals surface area contributed by atoms with Gasteiger partial charge < -0.3 is 4.90 Å². The Bertz CT molecular complexity index is 857. The van der Waals surface area contributed by atoms with E-state index in [9.17, 15) is 5.26 Å². The maximum Gasteiger partial charge on any atom is 0.0998 e. The Kier molecular flexibility index (Phi) is 4.75. The number of nitrogens with zero attached hydrogens (tertiary/aromatic N) is 2. The molecule has 0 saturated heterocycles. The van der Waals surface area contributed by atoms with Crippen LogP contribution in [0.3, 0.4) is 0 Å². The molecule has 3 heteroatoms. The van der Waals surface area contributed by atoms with Crippen molar-refractivity contribution in [2.45, 2.75) is 38.6 Å². The smallest absolute Gasteiger partial charge is 0.0998 e. The Morgan fingerprint density at radius 1 is 1.24 bits per heavy atom. The normalized spacial score (nSPS) is 19.3. The molecule has 1 aliphatic rings. The molecule has 1 heterocycles. The number of rotatable bonds is 2. The summed E-state index contributed by atoms with van der Waals surface area (Å²) in [4.78, 5) is 2.37. The zero-order chi connectivity index (χ0) is 18.2. The minimum absolute atomic E-state index is 0.166. The van der Waals surface area contributed by atoms with Gasteiger partial charge in [0.05, 0.1) is 11.6 Å². The van der Waals surface area contributed by atoms with Gasteiger partial charge in [-0.3, -0.25) is 0 Å². The molecule has 2 aromatic rings. The Morgan fingerprint density at radius 3 is 2.56 bits per heavy atom. The fraction of sp³-hybridized carbons (Fsp3) is 0.318. The van der Waals surface area contributed by atoms with Crippen LogP contribution in [0.1, 0.15) is 49.8 Å². The Hall–Kier alpha value is -2.05. The zero-order valence-corrected chi connectivity index (χ0v) is 16.8. The van der Waals surface area contributed by atoms with Gasteiger partial charge in [-0.25, -0.2) is 0 Å². The van der Waals surface area contributed by atoms with Crippen LogP contribution in [-0.2, 0) is 0 Å². The standard InChI is InChI=1S/C22H23BrN2/c1-15-13-22(2,3)25(4)21-10-5-16(12-20(15)21)11-18(14-24)17-6-8-19(23)9-7-17/h5-12,15H,13H2,1-4H3/b18-11-/t15-/m0/s1. The molecule has 0 aliphatic carbocycles. The van der Waals surface area contributed by atoms with Gasteiger partial charge in [-0.05, 0) is 73.2 Å². The highest BCUT2D eigenvalue weighted by molar-refractivity contribution is 9.10. The molecule has 1 atom stereocenters. The molecule has 0 N–H and O–H groups in total. The third kappa shape index (κ3) is 3.50. The minimum Gasteiger partial charge on any atom is -0.369 e. The van der Waals surface area contributed by atoms with E-state index in [1.54, 1.807) is 0 Å². The van der Waals surface area contributed by atoms with E-state index in [1.807, 2.05) is 30.3 Å². The molecule has 3 rings (SSSR count). The highest BCUT2D eigenvalue weighted by Crippen LogP contribution is 2.42. The van der Waals surface area contributed by atoms with Gasteiger partial charge in [0.15, 0.2) is 0 Å². The van der Waals surface area contributed by atoms with E-state index in [2.05, 4.69) is 72.9 Å². The average Bonchev–Trinajstić information content (AvgIpc) is 2.58. The average molecular weight is 395 g/mol. The molecule has 25 heavy (non-hydrogen) atoms. The van der Waals surface area contributed by atoms with Crippen molar-refractivity contribution in [1.29, 1.82) is 5.26 Å². The van der Waals surface area contributed by atoms with E-state index >= 15 is 0 Å². The summed E-state index contributed by atoms with van der Waals surface area (Å²) in [5.74, 6) is 0.507. The van der Waals surface area contributed by atoms with Crippen molar-refractivity contribution in [2.75, 3.05) is 11.9 Å². The molecule has 0 fully saturated rings. The molecular weight excluding hydrogens is 372 g/mol. The highest BCUT2D eigenvalue weighted by atomic mass is 79.9. The second kappa shape index (κ2) is 6.69. The van der Waals surface area contributed by atoms with Gasteiger partial charge in [-0.15, -0.1) is 0 Å². The van der Waals surface area contributed by atoms with Crippen molar-refractivity contribution in [3.05, 3.63) is 63.6 Å². The third-order valence-corrected chi connectivity index (χ3v) is 5.77. The number of nitriles is 1. The van der Waals surface area contributed by atoms with Gasteiger partial charge in [-0.1, -0.05) is 41.1 Å². The first-order valence-electron chi connectivity index (χ1n) is 8.57. The van der Waals surface area contributed by atoms with E-state index in [4.69, 9.17) is 0 Å². The van der Waals surface area contributed by atoms with Gasteiger partial charge in [0.1, 0.15) is 0 Å². The lowest BCUT2D eigenvalue weighted by Crippen LogP contribution is -2.45. The number of allylic oxidation sites excluding steroid dienone is 1. The molecule has 1 aliphatic heterocycles. The number of fused-ring (bicyclic) bond motifs is 1. The fourth-order valence-electron chi connectivity index (χ4n) is 3.66. The first kappa shape index (κ1) is 17.8. The van der Waals surface area contributed by atoms with Crippen LogP contribution in [0, 0.1) is 11.3 Å². The molecule has 2 aromatic carbocycles. The summed E-state index contributed by atoms with van der Waals surface area (Å²) in [5, 5.41) is 9.57. The largest absolute Gasteiger partial charge is 0.369 e. The summed E-state index contributed by atoms with van der Waals surface area (Å²) < 4.78 is 1.02. The van der Waals surface area contributed by atoms with Gasteiger partial charge in [-0.2, -0.15) is 5.26 Å². The highest BCUT2D eigenvalue weighted by Gasteiger charge is 2.33. The predicted molar refractivity (Wildman–Crippen MR) is 110 cm³/mol. The summed E-state index contributed by atoms with van der Waals surface area (Å²) in [5.41, 5.74) is 5.53. The van der Waals surface area contributed by atoms with Crippen LogP contribution in [0.15, 0.2) is 46.9 Å². The maximum atomic E-state index is 9.57. The van der Waals surface area contributed by atoms with Gasteiger partial charge in [0.25, 0.3) is 0 Å². The molecule has 0 spiro atoms. The van der Waals surface area contributed by atoms with Crippen molar-refractivity contribution in [2.24, 2.45) is 0 Å². The molecule has 0 aromatic heterocycles. The summed E-state index contributed by atoms with van der Waals surface area (Å²) in [7, 11) is 2.17. The lowest BCUT2D eigenvalue weighted by atomic mass is 9.80. The van der Waals surface area contributed by atoms with Crippen LogP contribution >= 0.6 is 15.9 Å². The third-order valence-electron chi connectivity index (χ3n) is 5.24.